The summed E-state index contributed by atoms with van der Waals surface area (Å²) in [5.74, 6) is 1.42. The number of aromatic nitrogens is 3. The van der Waals surface area contributed by atoms with Crippen LogP contribution in [0.3, 0.4) is 0 Å². The topological polar surface area (TPSA) is 87.7 Å². The van der Waals surface area contributed by atoms with Crippen LogP contribution in [0.4, 0.5) is 4.39 Å². The highest BCUT2D eigenvalue weighted by Crippen LogP contribution is 2.42. The van der Waals surface area contributed by atoms with Gasteiger partial charge in [0.1, 0.15) is 23.0 Å². The second-order valence-electron chi connectivity index (χ2n) is 11.7. The van der Waals surface area contributed by atoms with E-state index in [2.05, 4.69) is 5.10 Å². The Bertz CT molecular complexity index is 2180. The minimum atomic E-state index is -0.461. The van der Waals surface area contributed by atoms with E-state index in [0.717, 1.165) is 60.5 Å². The molecule has 0 unspecified atom stereocenters. The van der Waals surface area contributed by atoms with E-state index in [-0.39, 0.29) is 12.4 Å². The number of thioether (sulfide) groups is 1. The van der Waals surface area contributed by atoms with Crippen molar-refractivity contribution < 1.29 is 28.5 Å². The lowest BCUT2D eigenvalue weighted by Gasteiger charge is -2.14. The van der Waals surface area contributed by atoms with Crippen molar-refractivity contribution in [3.8, 4) is 22.6 Å². The Morgan fingerprint density at radius 2 is 1.80 bits per heavy atom. The Morgan fingerprint density at radius 3 is 2.51 bits per heavy atom. The molecule has 0 bridgehead atoms. The van der Waals surface area contributed by atoms with Crippen LogP contribution in [0.15, 0.2) is 71.6 Å². The third-order valence-electron chi connectivity index (χ3n) is 8.74. The van der Waals surface area contributed by atoms with Crippen molar-refractivity contribution in [2.45, 2.75) is 44.1 Å². The zero-order chi connectivity index (χ0) is 34.8. The first kappa shape index (κ1) is 34.4. The number of aliphatic hydroxyl groups excluding tert-OH is 1. The van der Waals surface area contributed by atoms with Crippen molar-refractivity contribution in [1.82, 2.24) is 14.3 Å². The first-order valence-electron chi connectivity index (χ1n) is 15.8. The number of carbonyl (C=O) groups is 1. The molecule has 11 heteroatoms. The molecule has 0 aliphatic rings. The Kier molecular flexibility index (Phi) is 10.2. The number of aryl methyl sites for hydroxylation is 4. The molecule has 2 aromatic heterocycles. The molecular weight excluding hydrogens is 665 g/mol. The number of fused-ring (bicyclic) bond motifs is 2. The highest BCUT2D eigenvalue weighted by Gasteiger charge is 2.27. The molecule has 49 heavy (non-hydrogen) atoms. The highest BCUT2D eigenvalue weighted by molar-refractivity contribution is 7.98. The molecule has 0 fully saturated rings. The van der Waals surface area contributed by atoms with Crippen molar-refractivity contribution in [3.05, 3.63) is 106 Å². The molecule has 0 amide bonds. The number of benzene rings is 4. The average Bonchev–Trinajstić information content (AvgIpc) is 3.55. The normalized spacial score (nSPS) is 11.4. The second-order valence-corrected chi connectivity index (χ2v) is 13.2. The number of ether oxygens (including phenoxy) is 3. The summed E-state index contributed by atoms with van der Waals surface area (Å²) in [7, 11) is 4.79. The number of rotatable bonds is 12. The summed E-state index contributed by atoms with van der Waals surface area (Å²) in [5, 5.41) is 17.6. The Balaban J connectivity index is 1.29. The molecule has 0 radical (unpaired) electrons. The fourth-order valence-corrected chi connectivity index (χ4v) is 7.61. The van der Waals surface area contributed by atoms with Crippen molar-refractivity contribution in [2.75, 3.05) is 20.8 Å². The van der Waals surface area contributed by atoms with Crippen molar-refractivity contribution in [2.24, 2.45) is 7.05 Å². The smallest absolute Gasteiger partial charge is 0.354 e. The van der Waals surface area contributed by atoms with Crippen LogP contribution < -0.4 is 9.47 Å². The van der Waals surface area contributed by atoms with Gasteiger partial charge in [-0.15, -0.1) is 11.8 Å². The number of halogens is 2. The minimum Gasteiger partial charge on any atom is -0.497 e. The van der Waals surface area contributed by atoms with Gasteiger partial charge in [0.2, 0.25) is 0 Å². The lowest BCUT2D eigenvalue weighted by atomic mass is 9.97. The maximum Gasteiger partial charge on any atom is 0.354 e. The van der Waals surface area contributed by atoms with E-state index in [1.807, 2.05) is 60.9 Å². The van der Waals surface area contributed by atoms with Crippen molar-refractivity contribution in [3.63, 3.8) is 0 Å². The van der Waals surface area contributed by atoms with Crippen LogP contribution in [-0.2, 0) is 30.7 Å². The Labute approximate surface area is 293 Å². The molecule has 254 valence electrons. The molecule has 6 aromatic rings. The zero-order valence-corrected chi connectivity index (χ0v) is 29.5. The number of esters is 1. The zero-order valence-electron chi connectivity index (χ0n) is 28.0. The van der Waals surface area contributed by atoms with Gasteiger partial charge in [-0.2, -0.15) is 5.10 Å². The Morgan fingerprint density at radius 1 is 1.02 bits per heavy atom. The number of nitrogens with zero attached hydrogens (tertiary/aromatic N) is 3. The molecule has 8 nitrogen and oxygen atoms in total. The molecule has 6 rings (SSSR count). The van der Waals surface area contributed by atoms with Crippen molar-refractivity contribution in [1.29, 1.82) is 0 Å². The van der Waals surface area contributed by atoms with Crippen LogP contribution in [-0.4, -0.2) is 46.2 Å². The fraction of sp³-hybridized carbons (Fsp3) is 0.263. The van der Waals surface area contributed by atoms with Crippen molar-refractivity contribution >= 4 is 51.0 Å². The van der Waals surface area contributed by atoms with Gasteiger partial charge < -0.3 is 23.9 Å². The predicted octanol–water partition coefficient (Wildman–Crippen LogP) is 8.65. The third-order valence-corrected chi connectivity index (χ3v) is 10.1. The number of aliphatic hydroxyl groups is 1. The molecule has 1 N–H and O–H groups in total. The van der Waals surface area contributed by atoms with Crippen LogP contribution in [0.5, 0.6) is 11.5 Å². The van der Waals surface area contributed by atoms with Crippen LogP contribution in [0.1, 0.15) is 39.4 Å². The second kappa shape index (κ2) is 14.5. The number of carbonyl (C=O) groups excluding carboxylic acids is 1. The highest BCUT2D eigenvalue weighted by atomic mass is 35.5. The summed E-state index contributed by atoms with van der Waals surface area (Å²) < 4.78 is 34.7. The van der Waals surface area contributed by atoms with Crippen LogP contribution >= 0.6 is 23.4 Å². The van der Waals surface area contributed by atoms with Crippen LogP contribution in [0, 0.1) is 19.7 Å². The first-order chi connectivity index (χ1) is 23.6. The van der Waals surface area contributed by atoms with Gasteiger partial charge in [-0.3, -0.25) is 4.68 Å². The lowest BCUT2D eigenvalue weighted by Crippen LogP contribution is -2.13. The van der Waals surface area contributed by atoms with Crippen LogP contribution in [0.25, 0.3) is 32.8 Å². The summed E-state index contributed by atoms with van der Waals surface area (Å²) in [6, 6.07) is 20.3. The van der Waals surface area contributed by atoms with E-state index in [4.69, 9.17) is 25.8 Å². The fourth-order valence-electron chi connectivity index (χ4n) is 6.44. The molecule has 0 aliphatic carbocycles. The first-order valence-corrected chi connectivity index (χ1v) is 17.2. The molecule has 0 saturated carbocycles. The van der Waals surface area contributed by atoms with Gasteiger partial charge >= 0.3 is 5.97 Å². The molecule has 0 atom stereocenters. The quantitative estimate of drug-likeness (QED) is 0.0776. The van der Waals surface area contributed by atoms with Gasteiger partial charge in [0, 0.05) is 56.7 Å². The number of hydrogen-bond donors (Lipinski definition) is 1. The molecule has 0 spiro atoms. The van der Waals surface area contributed by atoms with Gasteiger partial charge in [0.25, 0.3) is 0 Å². The summed E-state index contributed by atoms with van der Waals surface area (Å²) in [5.41, 5.74) is 5.90. The summed E-state index contributed by atoms with van der Waals surface area (Å²) in [6.45, 7) is 4.33. The maximum absolute atomic E-state index is 14.3. The van der Waals surface area contributed by atoms with E-state index in [0.29, 0.717) is 47.3 Å². The van der Waals surface area contributed by atoms with E-state index in [9.17, 15) is 14.3 Å². The lowest BCUT2D eigenvalue weighted by molar-refractivity contribution is 0.0587. The molecule has 0 saturated heterocycles. The molecule has 2 heterocycles. The predicted molar refractivity (Wildman–Crippen MR) is 192 cm³/mol. The van der Waals surface area contributed by atoms with E-state index in [1.54, 1.807) is 42.7 Å². The van der Waals surface area contributed by atoms with Gasteiger partial charge in [0.05, 0.1) is 38.8 Å². The van der Waals surface area contributed by atoms with Gasteiger partial charge in [-0.1, -0.05) is 23.7 Å². The standard InChI is InChI=1S/C38H37ClFN3O5S/c1-22-34-31(14-13-30(39)36(34)35-23(2)41-42(3)32(35)20-44)43(37(22)38(45)47-5)15-6-16-48-33-19-28(18-25-17-26(40)9-12-29(25)33)49-21-24-7-10-27(46-4)11-8-24/h7-14,17-19,44H,6,15-16,20-21H2,1-5H3. The largest absolute Gasteiger partial charge is 0.497 e. The summed E-state index contributed by atoms with van der Waals surface area (Å²) >= 11 is 8.48. The van der Waals surface area contributed by atoms with Crippen LogP contribution in [0.2, 0.25) is 5.02 Å². The molecule has 4 aromatic carbocycles. The average molecular weight is 702 g/mol. The monoisotopic (exact) mass is 701 g/mol. The number of hydrogen-bond acceptors (Lipinski definition) is 7. The molecule has 0 aliphatic heterocycles. The summed E-state index contributed by atoms with van der Waals surface area (Å²) in [6.07, 6.45) is 0.560. The van der Waals surface area contributed by atoms with E-state index >= 15 is 0 Å². The SMILES string of the molecule is COC(=O)c1c(C)c2c(-c3c(C)nn(C)c3CO)c(Cl)ccc2n1CCCOc1cc(SCc2ccc(OC)cc2)cc2cc(F)ccc12. The number of methoxy groups -OCH3 is 2. The van der Waals surface area contributed by atoms with E-state index < -0.39 is 5.97 Å². The van der Waals surface area contributed by atoms with Gasteiger partial charge in [-0.05, 0) is 91.4 Å². The van der Waals surface area contributed by atoms with Gasteiger partial charge in [0.15, 0.2) is 0 Å². The molecular formula is C38H37ClFN3O5S. The maximum atomic E-state index is 14.3. The summed E-state index contributed by atoms with van der Waals surface area (Å²) in [4.78, 5) is 14.2. The van der Waals surface area contributed by atoms with Gasteiger partial charge in [-0.25, -0.2) is 9.18 Å². The van der Waals surface area contributed by atoms with E-state index in [1.165, 1.54) is 19.2 Å². The minimum absolute atomic E-state index is 0.219. The third kappa shape index (κ3) is 6.73. The Hall–Kier alpha value is -4.51.